The number of rotatable bonds is 10. The standard InChI is InChI=1S/C30H40N8O4S/c1-4-32-27(40)20(18-31)28-38(5-2)29(41)30(43-28)17-23(30)33-24-11-8-12-25(34-24)35-26(39)19-36-13-15-37(16-14-36)21-9-6-7-10-22(21)42-3/h6-10,12,20,23-24,28,33H,4-5,11,13-17,19H2,1-3H3,(H,32,40)(H,34,35,39)/t20-,23+,24?,28?,30?/m1/s1. The molecule has 3 aliphatic heterocycles. The Bertz CT molecular complexity index is 1320. The Morgan fingerprint density at radius 3 is 2.70 bits per heavy atom. The van der Waals surface area contributed by atoms with Gasteiger partial charge < -0.3 is 25.2 Å². The molecule has 0 radical (unpaired) electrons. The van der Waals surface area contributed by atoms with Crippen LogP contribution < -0.4 is 25.6 Å². The number of ether oxygens (including phenoxy) is 1. The van der Waals surface area contributed by atoms with Crippen LogP contribution in [0.2, 0.25) is 0 Å². The number of nitriles is 1. The molecule has 1 aromatic carbocycles. The molecule has 0 aromatic heterocycles. The number of para-hydroxylation sites is 2. The summed E-state index contributed by atoms with van der Waals surface area (Å²) in [5.41, 5.74) is 1.06. The lowest BCUT2D eigenvalue weighted by Gasteiger charge is -2.36. The molecule has 12 nitrogen and oxygen atoms in total. The van der Waals surface area contributed by atoms with E-state index in [4.69, 9.17) is 9.73 Å². The Morgan fingerprint density at radius 2 is 2.00 bits per heavy atom. The van der Waals surface area contributed by atoms with Crippen LogP contribution in [0.4, 0.5) is 5.69 Å². The summed E-state index contributed by atoms with van der Waals surface area (Å²) in [6, 6.07) is 9.95. The first-order valence-electron chi connectivity index (χ1n) is 14.9. The molecular formula is C30H40N8O4S. The Balaban J connectivity index is 1.12. The highest BCUT2D eigenvalue weighted by molar-refractivity contribution is 8.02. The van der Waals surface area contributed by atoms with Crippen LogP contribution in [0.5, 0.6) is 5.75 Å². The smallest absolute Gasteiger partial charge is 0.241 e. The third kappa shape index (κ3) is 6.51. The molecule has 2 saturated heterocycles. The fourth-order valence-corrected chi connectivity index (χ4v) is 7.84. The molecule has 1 aromatic rings. The van der Waals surface area contributed by atoms with Crippen LogP contribution in [-0.4, -0.2) is 109 Å². The second-order valence-electron chi connectivity index (χ2n) is 11.1. The zero-order valence-corrected chi connectivity index (χ0v) is 25.7. The molecule has 1 spiro atoms. The van der Waals surface area contributed by atoms with Crippen molar-refractivity contribution >= 4 is 41.0 Å². The Morgan fingerprint density at radius 1 is 1.23 bits per heavy atom. The Hall–Kier alpha value is -3.60. The number of aliphatic imine (C=N–C) groups is 1. The SMILES string of the molecule is CCNC(=O)[C@@H](C#N)C1SC2(C[C@@H]2NC2CC=CC(NC(=O)CN3CCN(c4ccccc4OC)CC3)=N2)C(=O)N1CC. The van der Waals surface area contributed by atoms with Crippen LogP contribution in [0.15, 0.2) is 41.4 Å². The maximum atomic E-state index is 13.4. The van der Waals surface area contributed by atoms with Crippen LogP contribution in [0.3, 0.4) is 0 Å². The van der Waals surface area contributed by atoms with Crippen molar-refractivity contribution in [3.05, 3.63) is 36.4 Å². The molecular weight excluding hydrogens is 568 g/mol. The zero-order valence-electron chi connectivity index (χ0n) is 24.9. The van der Waals surface area contributed by atoms with Gasteiger partial charge in [-0.15, -0.1) is 11.8 Å². The second-order valence-corrected chi connectivity index (χ2v) is 12.5. The topological polar surface area (TPSA) is 142 Å². The number of dihydropyridines is 1. The average Bonchev–Trinajstić information content (AvgIpc) is 3.62. The molecule has 3 unspecified atom stereocenters. The first kappa shape index (κ1) is 30.8. The van der Waals surface area contributed by atoms with Gasteiger partial charge in [0.2, 0.25) is 17.7 Å². The van der Waals surface area contributed by atoms with Gasteiger partial charge in [-0.1, -0.05) is 18.2 Å². The maximum absolute atomic E-state index is 13.4. The van der Waals surface area contributed by atoms with Crippen molar-refractivity contribution in [1.82, 2.24) is 25.8 Å². The molecule has 5 rings (SSSR count). The minimum atomic E-state index is -0.934. The van der Waals surface area contributed by atoms with E-state index in [1.165, 1.54) is 11.8 Å². The number of hydrogen-bond acceptors (Lipinski definition) is 10. The number of nitrogens with one attached hydrogen (secondary N) is 3. The van der Waals surface area contributed by atoms with E-state index in [9.17, 15) is 19.6 Å². The van der Waals surface area contributed by atoms with Crippen molar-refractivity contribution in [1.29, 1.82) is 5.26 Å². The molecule has 1 saturated carbocycles. The molecule has 0 bridgehead atoms. The number of anilines is 1. The van der Waals surface area contributed by atoms with Crippen molar-refractivity contribution < 1.29 is 19.1 Å². The molecule has 3 heterocycles. The molecule has 3 amide bonds. The number of thioether (sulfide) groups is 1. The molecule has 3 fully saturated rings. The van der Waals surface area contributed by atoms with E-state index in [0.717, 1.165) is 37.6 Å². The number of piperazine rings is 1. The second kappa shape index (κ2) is 13.4. The monoisotopic (exact) mass is 608 g/mol. The van der Waals surface area contributed by atoms with Crippen LogP contribution >= 0.6 is 11.8 Å². The molecule has 1 aliphatic carbocycles. The van der Waals surface area contributed by atoms with Crippen molar-refractivity contribution in [2.45, 2.75) is 49.0 Å². The highest BCUT2D eigenvalue weighted by atomic mass is 32.2. The molecule has 4 aliphatic rings. The Labute approximate surface area is 256 Å². The van der Waals surface area contributed by atoms with Gasteiger partial charge in [0.15, 0.2) is 5.92 Å². The third-order valence-electron chi connectivity index (χ3n) is 8.33. The van der Waals surface area contributed by atoms with E-state index in [-0.39, 0.29) is 36.5 Å². The summed E-state index contributed by atoms with van der Waals surface area (Å²) < 4.78 is 4.80. The average molecular weight is 609 g/mol. The highest BCUT2D eigenvalue weighted by Crippen LogP contribution is 2.58. The minimum Gasteiger partial charge on any atom is -0.495 e. The summed E-state index contributed by atoms with van der Waals surface area (Å²) in [5, 5.41) is 18.3. The van der Waals surface area contributed by atoms with Crippen molar-refractivity contribution in [2.24, 2.45) is 10.9 Å². The number of carbonyl (C=O) groups is 3. The van der Waals surface area contributed by atoms with Crippen molar-refractivity contribution in [3.8, 4) is 11.8 Å². The number of hydrogen-bond donors (Lipinski definition) is 3. The van der Waals surface area contributed by atoms with Gasteiger partial charge in [-0.2, -0.15) is 5.26 Å². The predicted octanol–water partition coefficient (Wildman–Crippen LogP) is 0.916. The first-order chi connectivity index (χ1) is 20.8. The van der Waals surface area contributed by atoms with Gasteiger partial charge >= 0.3 is 0 Å². The number of amides is 3. The van der Waals surface area contributed by atoms with Gasteiger partial charge in [-0.25, -0.2) is 4.99 Å². The quantitative estimate of drug-likeness (QED) is 0.353. The molecule has 13 heteroatoms. The number of benzene rings is 1. The number of nitrogens with zero attached hydrogens (tertiary/aromatic N) is 5. The number of methoxy groups -OCH3 is 1. The van der Waals surface area contributed by atoms with Crippen LogP contribution in [0.25, 0.3) is 0 Å². The van der Waals surface area contributed by atoms with E-state index in [1.807, 2.05) is 37.3 Å². The van der Waals surface area contributed by atoms with E-state index in [0.29, 0.717) is 31.8 Å². The Kier molecular flexibility index (Phi) is 9.59. The number of amidine groups is 1. The van der Waals surface area contributed by atoms with Crippen molar-refractivity contribution in [2.75, 3.05) is 57.8 Å². The van der Waals surface area contributed by atoms with Gasteiger partial charge in [-0.3, -0.25) is 24.6 Å². The van der Waals surface area contributed by atoms with Crippen molar-refractivity contribution in [3.63, 3.8) is 0 Å². The first-order valence-corrected chi connectivity index (χ1v) is 15.8. The highest BCUT2D eigenvalue weighted by Gasteiger charge is 2.69. The van der Waals surface area contributed by atoms with E-state index >= 15 is 0 Å². The molecule has 3 N–H and O–H groups in total. The summed E-state index contributed by atoms with van der Waals surface area (Å²) >= 11 is 1.41. The molecule has 5 atom stereocenters. The lowest BCUT2D eigenvalue weighted by molar-refractivity contribution is -0.132. The van der Waals surface area contributed by atoms with Gasteiger partial charge in [0.25, 0.3) is 0 Å². The molecule has 230 valence electrons. The van der Waals surface area contributed by atoms with Gasteiger partial charge in [0, 0.05) is 51.7 Å². The lowest BCUT2D eigenvalue weighted by Crippen LogP contribution is -2.50. The number of carbonyl (C=O) groups excluding carboxylic acids is 3. The van der Waals surface area contributed by atoms with Crippen LogP contribution in [0.1, 0.15) is 26.7 Å². The van der Waals surface area contributed by atoms with Gasteiger partial charge in [0.1, 0.15) is 27.9 Å². The van der Waals surface area contributed by atoms with Gasteiger partial charge in [-0.05, 0) is 38.5 Å². The third-order valence-corrected chi connectivity index (χ3v) is 10.1. The van der Waals surface area contributed by atoms with E-state index in [1.54, 1.807) is 18.9 Å². The van der Waals surface area contributed by atoms with E-state index in [2.05, 4.69) is 37.9 Å². The predicted molar refractivity (Wildman–Crippen MR) is 166 cm³/mol. The molecule has 43 heavy (non-hydrogen) atoms. The summed E-state index contributed by atoms with van der Waals surface area (Å²) in [6.07, 6.45) is 4.73. The lowest BCUT2D eigenvalue weighted by atomic mass is 10.1. The fraction of sp³-hybridized carbons (Fsp3) is 0.567. The van der Waals surface area contributed by atoms with Crippen LogP contribution in [-0.2, 0) is 14.4 Å². The zero-order chi connectivity index (χ0) is 30.6. The maximum Gasteiger partial charge on any atom is 0.241 e. The minimum absolute atomic E-state index is 0.0401. The van der Waals surface area contributed by atoms with E-state index < -0.39 is 16.0 Å². The summed E-state index contributed by atoms with van der Waals surface area (Å²) in [7, 11) is 1.68. The largest absolute Gasteiger partial charge is 0.495 e. The van der Waals surface area contributed by atoms with Crippen LogP contribution in [0, 0.1) is 17.2 Å². The van der Waals surface area contributed by atoms with Gasteiger partial charge in [0.05, 0.1) is 25.4 Å². The fourth-order valence-electron chi connectivity index (χ4n) is 6.01. The summed E-state index contributed by atoms with van der Waals surface area (Å²) in [5.74, 6) is -0.0986. The summed E-state index contributed by atoms with van der Waals surface area (Å²) in [6.45, 7) is 7.93. The summed E-state index contributed by atoms with van der Waals surface area (Å²) in [4.78, 5) is 49.6. The normalized spacial score (nSPS) is 27.4.